The van der Waals surface area contributed by atoms with E-state index >= 15 is 0 Å². The Labute approximate surface area is 211 Å². The minimum atomic E-state index is -4.61. The van der Waals surface area contributed by atoms with Crippen molar-refractivity contribution in [3.8, 4) is 5.75 Å². The summed E-state index contributed by atoms with van der Waals surface area (Å²) in [5.74, 6) is -1.34. The topological polar surface area (TPSA) is 80.2 Å². The van der Waals surface area contributed by atoms with E-state index in [1.54, 1.807) is 6.92 Å². The van der Waals surface area contributed by atoms with Gasteiger partial charge in [0.05, 0.1) is 29.7 Å². The summed E-state index contributed by atoms with van der Waals surface area (Å²) in [4.78, 5) is 22.2. The number of nitrogens with one attached hydrogen (secondary N) is 1. The minimum absolute atomic E-state index is 0.0357. The average molecular weight is 546 g/mol. The molecule has 1 amide bonds. The van der Waals surface area contributed by atoms with Gasteiger partial charge in [-0.1, -0.05) is 0 Å². The maximum Gasteiger partial charge on any atom is 0.434 e. The number of rotatable bonds is 8. The molecule has 1 unspecified atom stereocenters. The molecule has 1 aromatic carbocycles. The number of nitrogens with zero attached hydrogens (tertiary/aromatic N) is 4. The zero-order chi connectivity index (χ0) is 26.7. The van der Waals surface area contributed by atoms with Crippen molar-refractivity contribution >= 4 is 23.1 Å². The molecule has 14 heteroatoms. The smallest absolute Gasteiger partial charge is 0.434 e. The zero-order valence-corrected chi connectivity index (χ0v) is 20.2. The molecule has 37 heavy (non-hydrogen) atoms. The van der Waals surface area contributed by atoms with E-state index in [0.717, 1.165) is 23.8 Å². The first-order chi connectivity index (χ1) is 17.5. The number of alkyl halides is 5. The van der Waals surface area contributed by atoms with Gasteiger partial charge in [0.15, 0.2) is 17.3 Å². The lowest BCUT2D eigenvalue weighted by Gasteiger charge is -2.17. The van der Waals surface area contributed by atoms with Gasteiger partial charge in [-0.05, 0) is 37.0 Å². The highest BCUT2D eigenvalue weighted by molar-refractivity contribution is 7.06. The number of aryl methyl sites for hydroxylation is 1. The fourth-order valence-electron chi connectivity index (χ4n) is 3.88. The molecule has 0 bridgehead atoms. The second-order valence-electron chi connectivity index (χ2n) is 8.41. The lowest BCUT2D eigenvalue weighted by atomic mass is 10.1. The van der Waals surface area contributed by atoms with Gasteiger partial charge >= 0.3 is 6.18 Å². The third kappa shape index (κ3) is 6.74. The molecule has 4 rings (SSSR count). The van der Waals surface area contributed by atoms with Crippen molar-refractivity contribution in [1.29, 1.82) is 0 Å². The molecule has 1 aliphatic rings. The maximum absolute atomic E-state index is 14.4. The van der Waals surface area contributed by atoms with Crippen LogP contribution in [0.25, 0.3) is 0 Å². The van der Waals surface area contributed by atoms with E-state index < -0.39 is 36.1 Å². The molecule has 3 aromatic rings. The molecular formula is C23H21F6N5O2S. The van der Waals surface area contributed by atoms with E-state index in [2.05, 4.69) is 19.7 Å². The number of anilines is 1. The molecule has 1 N–H and O–H groups in total. The molecule has 3 heterocycles. The number of hydrogen-bond acceptors (Lipinski definition) is 7. The van der Waals surface area contributed by atoms with Crippen LogP contribution in [0.4, 0.5) is 32.0 Å². The van der Waals surface area contributed by atoms with Crippen molar-refractivity contribution in [3.63, 3.8) is 0 Å². The average Bonchev–Trinajstić information content (AvgIpc) is 3.41. The van der Waals surface area contributed by atoms with Gasteiger partial charge in [0.2, 0.25) is 0 Å². The van der Waals surface area contributed by atoms with E-state index in [-0.39, 0.29) is 42.2 Å². The van der Waals surface area contributed by atoms with Gasteiger partial charge in [0, 0.05) is 42.3 Å². The molecule has 0 saturated carbocycles. The number of carbonyl (C=O) groups is 1. The Balaban J connectivity index is 1.44. The van der Waals surface area contributed by atoms with Crippen LogP contribution in [0.5, 0.6) is 5.75 Å². The van der Waals surface area contributed by atoms with Crippen LogP contribution in [0.15, 0.2) is 30.6 Å². The lowest BCUT2D eigenvalue weighted by Crippen LogP contribution is -2.29. The first-order valence-electron chi connectivity index (χ1n) is 11.1. The van der Waals surface area contributed by atoms with Crippen LogP contribution in [0.3, 0.4) is 0 Å². The number of halogens is 6. The molecule has 198 valence electrons. The first kappa shape index (κ1) is 26.8. The van der Waals surface area contributed by atoms with Crippen molar-refractivity contribution in [3.05, 3.63) is 63.9 Å². The summed E-state index contributed by atoms with van der Waals surface area (Å²) < 4.78 is 87.6. The highest BCUT2D eigenvalue weighted by Crippen LogP contribution is 2.29. The van der Waals surface area contributed by atoms with E-state index in [9.17, 15) is 31.1 Å². The summed E-state index contributed by atoms with van der Waals surface area (Å²) in [6.07, 6.45) is -5.45. The normalized spacial score (nSPS) is 16.4. The SMILES string of the molecule is Cc1nsc(Cc2cnc(C(F)(F)F)cn2)c1C(=O)Nc1ccc(F)c(OC2CCN(CC(F)F)C2)c1. The predicted octanol–water partition coefficient (Wildman–Crippen LogP) is 4.96. The van der Waals surface area contributed by atoms with Crippen molar-refractivity contribution in [2.75, 3.05) is 25.0 Å². The fraction of sp³-hybridized carbons (Fsp3) is 0.391. The fourth-order valence-corrected chi connectivity index (χ4v) is 4.77. The molecule has 1 aliphatic heterocycles. The summed E-state index contributed by atoms with van der Waals surface area (Å²) in [5.41, 5.74) is -0.0448. The Bertz CT molecular complexity index is 1250. The number of ether oxygens (including phenoxy) is 1. The standard InChI is InChI=1S/C23H21F6N5O2S/c1-12-21(18(37-33-12)7-14-8-31-19(9-30-14)23(27,28)29)22(35)32-13-2-3-16(24)17(6-13)36-15-4-5-34(10-15)11-20(25)26/h2-3,6,8-9,15,20H,4-5,7,10-11H2,1H3,(H,32,35). The molecule has 1 saturated heterocycles. The van der Waals surface area contributed by atoms with Crippen LogP contribution in [0.1, 0.15) is 38.7 Å². The predicted molar refractivity (Wildman–Crippen MR) is 123 cm³/mol. The number of likely N-dealkylation sites (tertiary alicyclic amines) is 1. The van der Waals surface area contributed by atoms with Gasteiger partial charge in [0.25, 0.3) is 12.3 Å². The molecular weight excluding hydrogens is 524 g/mol. The summed E-state index contributed by atoms with van der Waals surface area (Å²) in [7, 11) is 0. The molecule has 0 spiro atoms. The van der Waals surface area contributed by atoms with Crippen LogP contribution in [0.2, 0.25) is 0 Å². The van der Waals surface area contributed by atoms with E-state index in [1.165, 1.54) is 17.0 Å². The number of amides is 1. The minimum Gasteiger partial charge on any atom is -0.486 e. The van der Waals surface area contributed by atoms with Gasteiger partial charge in [-0.3, -0.25) is 14.7 Å². The van der Waals surface area contributed by atoms with Crippen LogP contribution in [-0.2, 0) is 12.6 Å². The molecule has 0 aliphatic carbocycles. The number of aromatic nitrogens is 3. The summed E-state index contributed by atoms with van der Waals surface area (Å²) in [5, 5.41) is 2.65. The monoisotopic (exact) mass is 545 g/mol. The van der Waals surface area contributed by atoms with Gasteiger partial charge in [-0.15, -0.1) is 0 Å². The van der Waals surface area contributed by atoms with Crippen LogP contribution < -0.4 is 10.1 Å². The molecule has 0 radical (unpaired) electrons. The Hall–Kier alpha value is -3.26. The highest BCUT2D eigenvalue weighted by Gasteiger charge is 2.33. The van der Waals surface area contributed by atoms with Gasteiger partial charge in [0.1, 0.15) is 6.10 Å². The summed E-state index contributed by atoms with van der Waals surface area (Å²) in [6.45, 7) is 1.87. The number of hydrogen-bond donors (Lipinski definition) is 1. The Morgan fingerprint density at radius 2 is 2.05 bits per heavy atom. The Kier molecular flexibility index (Phi) is 7.97. The second kappa shape index (κ2) is 11.0. The summed E-state index contributed by atoms with van der Waals surface area (Å²) in [6, 6.07) is 3.77. The Morgan fingerprint density at radius 3 is 2.73 bits per heavy atom. The largest absolute Gasteiger partial charge is 0.486 e. The second-order valence-corrected chi connectivity index (χ2v) is 9.27. The van der Waals surface area contributed by atoms with Crippen molar-refractivity contribution in [2.24, 2.45) is 0 Å². The molecule has 2 aromatic heterocycles. The van der Waals surface area contributed by atoms with Gasteiger partial charge in [-0.25, -0.2) is 18.2 Å². The third-order valence-electron chi connectivity index (χ3n) is 5.61. The zero-order valence-electron chi connectivity index (χ0n) is 19.4. The Morgan fingerprint density at radius 1 is 1.27 bits per heavy atom. The van der Waals surface area contributed by atoms with E-state index in [0.29, 0.717) is 29.7 Å². The maximum atomic E-state index is 14.4. The van der Waals surface area contributed by atoms with Crippen LogP contribution >= 0.6 is 11.5 Å². The molecule has 1 atom stereocenters. The van der Waals surface area contributed by atoms with Crippen molar-refractivity contribution in [1.82, 2.24) is 19.2 Å². The van der Waals surface area contributed by atoms with Crippen molar-refractivity contribution < 1.29 is 35.9 Å². The van der Waals surface area contributed by atoms with Crippen LogP contribution in [0, 0.1) is 12.7 Å². The van der Waals surface area contributed by atoms with E-state index in [4.69, 9.17) is 4.74 Å². The van der Waals surface area contributed by atoms with Crippen molar-refractivity contribution in [2.45, 2.75) is 38.5 Å². The first-order valence-corrected chi connectivity index (χ1v) is 11.9. The van der Waals surface area contributed by atoms with Gasteiger partial charge in [-0.2, -0.15) is 17.5 Å². The quantitative estimate of drug-likeness (QED) is 0.403. The number of benzene rings is 1. The highest BCUT2D eigenvalue weighted by atomic mass is 32.1. The third-order valence-corrected chi connectivity index (χ3v) is 6.54. The summed E-state index contributed by atoms with van der Waals surface area (Å²) >= 11 is 1.01. The lowest BCUT2D eigenvalue weighted by molar-refractivity contribution is -0.141. The van der Waals surface area contributed by atoms with E-state index in [1.807, 2.05) is 0 Å². The van der Waals surface area contributed by atoms with Gasteiger partial charge < -0.3 is 10.1 Å². The number of carbonyl (C=O) groups excluding carboxylic acids is 1. The van der Waals surface area contributed by atoms with Crippen LogP contribution in [-0.4, -0.2) is 57.3 Å². The molecule has 7 nitrogen and oxygen atoms in total. The molecule has 1 fully saturated rings.